The average Bonchev–Trinajstić information content (AvgIpc) is 2.37. The second-order valence-corrected chi connectivity index (χ2v) is 4.57. The third-order valence-electron chi connectivity index (χ3n) is 2.26. The van der Waals surface area contributed by atoms with Gasteiger partial charge in [-0.25, -0.2) is 4.98 Å². The minimum atomic E-state index is 0.298. The van der Waals surface area contributed by atoms with Crippen molar-refractivity contribution in [2.45, 2.75) is 6.61 Å². The SMILES string of the molecule is N#Cc1cc(N)cnc1OCc1cccc(Br)c1. The molecule has 1 heterocycles. The number of rotatable bonds is 3. The number of nitriles is 1. The molecule has 0 aliphatic carbocycles. The first kappa shape index (κ1) is 12.4. The Labute approximate surface area is 113 Å². The van der Waals surface area contributed by atoms with Crippen molar-refractivity contribution < 1.29 is 4.74 Å². The van der Waals surface area contributed by atoms with Gasteiger partial charge in [0.2, 0.25) is 5.88 Å². The molecule has 90 valence electrons. The van der Waals surface area contributed by atoms with Crippen LogP contribution >= 0.6 is 15.9 Å². The van der Waals surface area contributed by atoms with Crippen molar-refractivity contribution in [3.8, 4) is 11.9 Å². The standard InChI is InChI=1S/C13H10BrN3O/c14-11-3-1-2-9(4-11)8-18-13-10(6-15)5-12(16)7-17-13/h1-5,7H,8,16H2. The van der Waals surface area contributed by atoms with Crippen LogP contribution in [0.2, 0.25) is 0 Å². The molecule has 0 aliphatic rings. The number of benzene rings is 1. The Morgan fingerprint density at radius 1 is 1.39 bits per heavy atom. The molecule has 2 N–H and O–H groups in total. The van der Waals surface area contributed by atoms with E-state index in [9.17, 15) is 0 Å². The Bertz CT molecular complexity index is 607. The van der Waals surface area contributed by atoms with Gasteiger partial charge in [-0.2, -0.15) is 5.26 Å². The fraction of sp³-hybridized carbons (Fsp3) is 0.0769. The molecule has 0 unspecified atom stereocenters. The lowest BCUT2D eigenvalue weighted by Gasteiger charge is -2.07. The van der Waals surface area contributed by atoms with Gasteiger partial charge in [-0.1, -0.05) is 28.1 Å². The number of ether oxygens (including phenoxy) is 1. The topological polar surface area (TPSA) is 71.9 Å². The van der Waals surface area contributed by atoms with E-state index in [4.69, 9.17) is 15.7 Å². The maximum Gasteiger partial charge on any atom is 0.232 e. The van der Waals surface area contributed by atoms with Gasteiger partial charge in [-0.3, -0.25) is 0 Å². The fourth-order valence-corrected chi connectivity index (χ4v) is 1.89. The lowest BCUT2D eigenvalue weighted by atomic mass is 10.2. The van der Waals surface area contributed by atoms with Crippen molar-refractivity contribution in [2.24, 2.45) is 0 Å². The van der Waals surface area contributed by atoms with Crippen LogP contribution in [0.15, 0.2) is 41.0 Å². The predicted molar refractivity (Wildman–Crippen MR) is 71.8 cm³/mol. The van der Waals surface area contributed by atoms with Crippen LogP contribution in [0.1, 0.15) is 11.1 Å². The highest BCUT2D eigenvalue weighted by molar-refractivity contribution is 9.10. The van der Waals surface area contributed by atoms with Gasteiger partial charge in [0.15, 0.2) is 0 Å². The molecule has 2 aromatic rings. The van der Waals surface area contributed by atoms with Gasteiger partial charge >= 0.3 is 0 Å². The summed E-state index contributed by atoms with van der Waals surface area (Å²) in [7, 11) is 0. The van der Waals surface area contributed by atoms with Crippen molar-refractivity contribution in [1.29, 1.82) is 5.26 Å². The van der Waals surface area contributed by atoms with E-state index in [2.05, 4.69) is 20.9 Å². The Hall–Kier alpha value is -2.06. The van der Waals surface area contributed by atoms with Crippen molar-refractivity contribution in [2.75, 3.05) is 5.73 Å². The van der Waals surface area contributed by atoms with Gasteiger partial charge in [0, 0.05) is 4.47 Å². The number of anilines is 1. The summed E-state index contributed by atoms with van der Waals surface area (Å²) in [5, 5.41) is 8.95. The minimum Gasteiger partial charge on any atom is -0.472 e. The second kappa shape index (κ2) is 5.52. The van der Waals surface area contributed by atoms with E-state index < -0.39 is 0 Å². The Kier molecular flexibility index (Phi) is 3.80. The van der Waals surface area contributed by atoms with Crippen LogP contribution in [-0.4, -0.2) is 4.98 Å². The van der Waals surface area contributed by atoms with E-state index in [1.54, 1.807) is 6.07 Å². The van der Waals surface area contributed by atoms with Crippen molar-refractivity contribution in [3.05, 3.63) is 52.1 Å². The maximum absolute atomic E-state index is 8.95. The third kappa shape index (κ3) is 2.99. The molecular formula is C13H10BrN3O. The smallest absolute Gasteiger partial charge is 0.232 e. The van der Waals surface area contributed by atoms with Gasteiger partial charge in [0.25, 0.3) is 0 Å². The van der Waals surface area contributed by atoms with Crippen LogP contribution in [-0.2, 0) is 6.61 Å². The van der Waals surface area contributed by atoms with E-state index in [0.717, 1.165) is 10.0 Å². The first-order valence-electron chi connectivity index (χ1n) is 5.22. The Balaban J connectivity index is 2.14. The molecule has 4 nitrogen and oxygen atoms in total. The van der Waals surface area contributed by atoms with Crippen LogP contribution < -0.4 is 10.5 Å². The van der Waals surface area contributed by atoms with E-state index in [1.165, 1.54) is 6.20 Å². The lowest BCUT2D eigenvalue weighted by molar-refractivity contribution is 0.293. The highest BCUT2D eigenvalue weighted by Gasteiger charge is 2.06. The summed E-state index contributed by atoms with van der Waals surface area (Å²) in [6, 6.07) is 11.3. The molecule has 0 saturated heterocycles. The van der Waals surface area contributed by atoms with Crippen LogP contribution in [0.5, 0.6) is 5.88 Å². The van der Waals surface area contributed by atoms with E-state index in [0.29, 0.717) is 23.7 Å². The second-order valence-electron chi connectivity index (χ2n) is 3.65. The number of nitrogens with zero attached hydrogens (tertiary/aromatic N) is 2. The number of hydrogen-bond acceptors (Lipinski definition) is 4. The number of aromatic nitrogens is 1. The molecule has 0 aliphatic heterocycles. The first-order valence-corrected chi connectivity index (χ1v) is 6.01. The summed E-state index contributed by atoms with van der Waals surface area (Å²) >= 11 is 3.39. The molecule has 1 aromatic heterocycles. The summed E-state index contributed by atoms with van der Waals surface area (Å²) < 4.78 is 6.49. The van der Waals surface area contributed by atoms with E-state index in [1.807, 2.05) is 30.3 Å². The molecule has 2 rings (SSSR count). The highest BCUT2D eigenvalue weighted by Crippen LogP contribution is 2.19. The zero-order valence-corrected chi connectivity index (χ0v) is 11.0. The monoisotopic (exact) mass is 303 g/mol. The summed E-state index contributed by atoms with van der Waals surface area (Å²) in [4.78, 5) is 4.01. The summed E-state index contributed by atoms with van der Waals surface area (Å²) in [6.45, 7) is 0.352. The van der Waals surface area contributed by atoms with Crippen molar-refractivity contribution >= 4 is 21.6 Å². The molecule has 0 fully saturated rings. The molecule has 0 spiro atoms. The van der Waals surface area contributed by atoms with Crippen LogP contribution in [0, 0.1) is 11.3 Å². The quantitative estimate of drug-likeness (QED) is 0.946. The molecular weight excluding hydrogens is 294 g/mol. The Morgan fingerprint density at radius 2 is 2.22 bits per heavy atom. The molecule has 0 radical (unpaired) electrons. The minimum absolute atomic E-state index is 0.298. The van der Waals surface area contributed by atoms with Gasteiger partial charge in [-0.05, 0) is 23.8 Å². The zero-order valence-electron chi connectivity index (χ0n) is 9.43. The number of hydrogen-bond donors (Lipinski definition) is 1. The van der Waals surface area contributed by atoms with Gasteiger partial charge in [-0.15, -0.1) is 0 Å². The number of nitrogens with two attached hydrogens (primary N) is 1. The molecule has 0 atom stereocenters. The highest BCUT2D eigenvalue weighted by atomic mass is 79.9. The first-order chi connectivity index (χ1) is 8.69. The lowest BCUT2D eigenvalue weighted by Crippen LogP contribution is -2.00. The summed E-state index contributed by atoms with van der Waals surface area (Å²) in [6.07, 6.45) is 1.47. The molecule has 5 heteroatoms. The predicted octanol–water partition coefficient (Wildman–Crippen LogP) is 2.88. The normalized spacial score (nSPS) is 9.78. The van der Waals surface area contributed by atoms with E-state index >= 15 is 0 Å². The average molecular weight is 304 g/mol. The largest absolute Gasteiger partial charge is 0.472 e. The number of pyridine rings is 1. The molecule has 0 bridgehead atoms. The molecule has 0 amide bonds. The zero-order chi connectivity index (χ0) is 13.0. The van der Waals surface area contributed by atoms with Crippen LogP contribution in [0.3, 0.4) is 0 Å². The van der Waals surface area contributed by atoms with E-state index in [-0.39, 0.29) is 0 Å². The summed E-state index contributed by atoms with van der Waals surface area (Å²) in [5.74, 6) is 0.298. The van der Waals surface area contributed by atoms with Gasteiger partial charge in [0.1, 0.15) is 18.2 Å². The fourth-order valence-electron chi connectivity index (χ4n) is 1.44. The summed E-state index contributed by atoms with van der Waals surface area (Å²) in [5.41, 5.74) is 7.33. The number of halogens is 1. The van der Waals surface area contributed by atoms with Gasteiger partial charge < -0.3 is 10.5 Å². The Morgan fingerprint density at radius 3 is 2.94 bits per heavy atom. The number of nitrogen functional groups attached to an aromatic ring is 1. The maximum atomic E-state index is 8.95. The van der Waals surface area contributed by atoms with Crippen LogP contribution in [0.25, 0.3) is 0 Å². The molecule has 1 aromatic carbocycles. The third-order valence-corrected chi connectivity index (χ3v) is 2.75. The van der Waals surface area contributed by atoms with Crippen molar-refractivity contribution in [1.82, 2.24) is 4.98 Å². The van der Waals surface area contributed by atoms with Gasteiger partial charge in [0.05, 0.1) is 11.9 Å². The molecule has 0 saturated carbocycles. The van der Waals surface area contributed by atoms with Crippen LogP contribution in [0.4, 0.5) is 5.69 Å². The van der Waals surface area contributed by atoms with Crippen molar-refractivity contribution in [3.63, 3.8) is 0 Å². The molecule has 18 heavy (non-hydrogen) atoms.